The molecule has 0 radical (unpaired) electrons. The van der Waals surface area contributed by atoms with Crippen LogP contribution in [0, 0.1) is 17.2 Å². The number of nitrogens with zero attached hydrogens (tertiary/aromatic N) is 1. The van der Waals surface area contributed by atoms with Gasteiger partial charge in [-0.15, -0.1) is 0 Å². The monoisotopic (exact) mass is 217 g/mol. The molecule has 2 atom stereocenters. The zero-order valence-corrected chi connectivity index (χ0v) is 8.80. The lowest BCUT2D eigenvalue weighted by Crippen LogP contribution is -1.96. The van der Waals surface area contributed by atoms with Gasteiger partial charge in [0, 0.05) is 12.0 Å². The largest absolute Gasteiger partial charge is 0.477 e. The summed E-state index contributed by atoms with van der Waals surface area (Å²) in [5.41, 5.74) is -0.315. The number of hydrogen-bond donors (Lipinski definition) is 1. The molecule has 0 amide bonds. The first-order valence-corrected chi connectivity index (χ1v) is 5.06. The van der Waals surface area contributed by atoms with Gasteiger partial charge in [-0.05, 0) is 24.5 Å². The number of nitriles is 1. The zero-order chi connectivity index (χ0) is 11.7. The zero-order valence-electron chi connectivity index (χ0n) is 8.80. The van der Waals surface area contributed by atoms with Gasteiger partial charge in [0.15, 0.2) is 0 Å². The molecule has 1 fully saturated rings. The fraction of sp³-hybridized carbons (Fsp3) is 0.333. The molecule has 16 heavy (non-hydrogen) atoms. The second-order valence-electron chi connectivity index (χ2n) is 4.03. The number of rotatable bonds is 3. The van der Waals surface area contributed by atoms with Crippen LogP contribution < -0.4 is 0 Å². The van der Waals surface area contributed by atoms with E-state index < -0.39 is 5.97 Å². The molecule has 0 unspecified atom stereocenters. The van der Waals surface area contributed by atoms with Crippen molar-refractivity contribution in [2.24, 2.45) is 5.92 Å². The van der Waals surface area contributed by atoms with E-state index in [0.717, 1.165) is 12.2 Å². The van der Waals surface area contributed by atoms with Crippen LogP contribution in [0.25, 0.3) is 6.08 Å². The minimum atomic E-state index is -1.24. The van der Waals surface area contributed by atoms with E-state index in [2.05, 4.69) is 6.92 Å². The first-order chi connectivity index (χ1) is 7.61. The molecular formula is C12H11NO3. The molecule has 0 spiro atoms. The maximum absolute atomic E-state index is 10.6. The van der Waals surface area contributed by atoms with Crippen LogP contribution in [-0.4, -0.2) is 11.1 Å². The van der Waals surface area contributed by atoms with Crippen LogP contribution >= 0.6 is 0 Å². The maximum Gasteiger partial charge on any atom is 0.346 e. The number of carboxylic acid groups (broad SMARTS) is 1. The number of aliphatic carboxylic acids is 1. The summed E-state index contributed by atoms with van der Waals surface area (Å²) in [4.78, 5) is 10.6. The second kappa shape index (κ2) is 3.86. The van der Waals surface area contributed by atoms with Crippen molar-refractivity contribution in [2.75, 3.05) is 0 Å². The van der Waals surface area contributed by atoms with Gasteiger partial charge in [-0.25, -0.2) is 4.79 Å². The van der Waals surface area contributed by atoms with Gasteiger partial charge in [0.1, 0.15) is 23.2 Å². The van der Waals surface area contributed by atoms with Gasteiger partial charge < -0.3 is 9.52 Å². The van der Waals surface area contributed by atoms with E-state index in [1.165, 1.54) is 6.08 Å². The van der Waals surface area contributed by atoms with Crippen LogP contribution in [0.3, 0.4) is 0 Å². The quantitative estimate of drug-likeness (QED) is 0.623. The predicted molar refractivity (Wildman–Crippen MR) is 56.5 cm³/mol. The van der Waals surface area contributed by atoms with Crippen LogP contribution in [0.2, 0.25) is 0 Å². The van der Waals surface area contributed by atoms with Crippen molar-refractivity contribution < 1.29 is 14.3 Å². The van der Waals surface area contributed by atoms with E-state index in [1.807, 2.05) is 6.07 Å². The van der Waals surface area contributed by atoms with Crippen molar-refractivity contribution in [1.29, 1.82) is 5.26 Å². The first-order valence-electron chi connectivity index (χ1n) is 5.06. The highest BCUT2D eigenvalue weighted by Crippen LogP contribution is 2.47. The van der Waals surface area contributed by atoms with Crippen LogP contribution in [0.5, 0.6) is 0 Å². The van der Waals surface area contributed by atoms with E-state index in [1.54, 1.807) is 12.1 Å². The van der Waals surface area contributed by atoms with Crippen LogP contribution in [-0.2, 0) is 4.79 Å². The third-order valence-corrected chi connectivity index (χ3v) is 2.76. The molecule has 0 aromatic carbocycles. The first kappa shape index (κ1) is 10.5. The second-order valence-corrected chi connectivity index (χ2v) is 4.03. The average molecular weight is 217 g/mol. The van der Waals surface area contributed by atoms with Crippen molar-refractivity contribution >= 4 is 12.0 Å². The Morgan fingerprint density at radius 2 is 2.38 bits per heavy atom. The van der Waals surface area contributed by atoms with Gasteiger partial charge >= 0.3 is 5.97 Å². The number of carbonyl (C=O) groups is 1. The molecular weight excluding hydrogens is 206 g/mol. The lowest BCUT2D eigenvalue weighted by molar-refractivity contribution is -0.132. The van der Waals surface area contributed by atoms with Gasteiger partial charge in [0.25, 0.3) is 0 Å². The summed E-state index contributed by atoms with van der Waals surface area (Å²) in [6.45, 7) is 2.14. The summed E-state index contributed by atoms with van der Waals surface area (Å²) in [6, 6.07) is 5.15. The SMILES string of the molecule is C[C@@H]1C[C@H]1c1ccc(/C=C(\C#N)C(=O)O)o1. The summed E-state index contributed by atoms with van der Waals surface area (Å²) in [6.07, 6.45) is 2.36. The highest BCUT2D eigenvalue weighted by molar-refractivity contribution is 5.96. The summed E-state index contributed by atoms with van der Waals surface area (Å²) in [5.74, 6) is 1.16. The normalized spacial score (nSPS) is 23.9. The Bertz CT molecular complexity index is 493. The Hall–Kier alpha value is -2.02. The molecule has 1 saturated carbocycles. The number of hydrogen-bond acceptors (Lipinski definition) is 3. The van der Waals surface area contributed by atoms with Gasteiger partial charge in [-0.1, -0.05) is 6.92 Å². The molecule has 1 aliphatic carbocycles. The molecule has 1 heterocycles. The molecule has 0 bridgehead atoms. The highest BCUT2D eigenvalue weighted by atomic mass is 16.4. The predicted octanol–water partition coefficient (Wildman–Crippen LogP) is 2.39. The third-order valence-electron chi connectivity index (χ3n) is 2.76. The standard InChI is InChI=1S/C12H11NO3/c1-7-4-10(7)11-3-2-9(16-11)5-8(6-13)12(14)15/h2-3,5,7,10H,4H2,1H3,(H,14,15)/b8-5+/t7-,10-/m1/s1. The summed E-state index contributed by atoms with van der Waals surface area (Å²) in [7, 11) is 0. The maximum atomic E-state index is 10.6. The molecule has 1 N–H and O–H groups in total. The van der Waals surface area contributed by atoms with Gasteiger partial charge in [-0.3, -0.25) is 0 Å². The van der Waals surface area contributed by atoms with E-state index in [4.69, 9.17) is 14.8 Å². The molecule has 82 valence electrons. The molecule has 1 aromatic rings. The average Bonchev–Trinajstić information content (AvgIpc) is 2.79. The molecule has 1 aromatic heterocycles. The van der Waals surface area contributed by atoms with Crippen molar-refractivity contribution in [2.45, 2.75) is 19.3 Å². The van der Waals surface area contributed by atoms with Crippen molar-refractivity contribution in [1.82, 2.24) is 0 Å². The Labute approximate surface area is 92.8 Å². The molecule has 4 heteroatoms. The minimum Gasteiger partial charge on any atom is -0.477 e. The Morgan fingerprint density at radius 1 is 1.69 bits per heavy atom. The summed E-state index contributed by atoms with van der Waals surface area (Å²) in [5, 5.41) is 17.3. The fourth-order valence-electron chi connectivity index (χ4n) is 1.65. The topological polar surface area (TPSA) is 74.2 Å². The molecule has 4 nitrogen and oxygen atoms in total. The van der Waals surface area contributed by atoms with Crippen molar-refractivity contribution in [3.8, 4) is 6.07 Å². The van der Waals surface area contributed by atoms with Gasteiger partial charge in [0.2, 0.25) is 0 Å². The highest BCUT2D eigenvalue weighted by Gasteiger charge is 2.36. The summed E-state index contributed by atoms with van der Waals surface area (Å²) >= 11 is 0. The van der Waals surface area contributed by atoms with Crippen LogP contribution in [0.1, 0.15) is 30.8 Å². The Morgan fingerprint density at radius 3 is 2.88 bits per heavy atom. The van der Waals surface area contributed by atoms with E-state index in [0.29, 0.717) is 17.6 Å². The van der Waals surface area contributed by atoms with E-state index in [-0.39, 0.29) is 5.57 Å². The van der Waals surface area contributed by atoms with Gasteiger partial charge in [-0.2, -0.15) is 5.26 Å². The molecule has 1 aliphatic rings. The lowest BCUT2D eigenvalue weighted by atomic mass is 10.2. The number of furan rings is 1. The van der Waals surface area contributed by atoms with E-state index in [9.17, 15) is 4.79 Å². The molecule has 2 rings (SSSR count). The molecule has 0 saturated heterocycles. The smallest absolute Gasteiger partial charge is 0.346 e. The van der Waals surface area contributed by atoms with Crippen LogP contribution in [0.4, 0.5) is 0 Å². The van der Waals surface area contributed by atoms with Gasteiger partial charge in [0.05, 0.1) is 0 Å². The Balaban J connectivity index is 2.19. The molecule has 0 aliphatic heterocycles. The fourth-order valence-corrected chi connectivity index (χ4v) is 1.65. The summed E-state index contributed by atoms with van der Waals surface area (Å²) < 4.78 is 5.47. The van der Waals surface area contributed by atoms with Crippen molar-refractivity contribution in [3.63, 3.8) is 0 Å². The van der Waals surface area contributed by atoms with E-state index >= 15 is 0 Å². The van der Waals surface area contributed by atoms with Crippen molar-refractivity contribution in [3.05, 3.63) is 29.2 Å². The number of carboxylic acids is 1. The third kappa shape index (κ3) is 1.98. The lowest BCUT2D eigenvalue weighted by Gasteiger charge is -1.91. The minimum absolute atomic E-state index is 0.315. The van der Waals surface area contributed by atoms with Crippen LogP contribution in [0.15, 0.2) is 22.1 Å². The Kier molecular flexibility index (Phi) is 2.53.